The van der Waals surface area contributed by atoms with Crippen LogP contribution < -0.4 is 0 Å². The average Bonchev–Trinajstić information content (AvgIpc) is 3.03. The van der Waals surface area contributed by atoms with E-state index in [1.54, 1.807) is 11.1 Å². The minimum Gasteiger partial charge on any atom is -0.302 e. The smallest absolute Gasteiger partial charge is 0.0197 e. The Morgan fingerprint density at radius 1 is 0.643 bits per heavy atom. The van der Waals surface area contributed by atoms with Crippen LogP contribution in [0.25, 0.3) is 11.1 Å². The van der Waals surface area contributed by atoms with Crippen molar-refractivity contribution in [1.29, 1.82) is 0 Å². The molecule has 2 aliphatic rings. The Morgan fingerprint density at radius 3 is 1.79 bits per heavy atom. The fourth-order valence-electron chi connectivity index (χ4n) is 4.43. The first kappa shape index (κ1) is 17.8. The lowest BCUT2D eigenvalue weighted by atomic mass is 9.91. The van der Waals surface area contributed by atoms with Crippen LogP contribution in [0.1, 0.15) is 29.5 Å². The van der Waals surface area contributed by atoms with Gasteiger partial charge in [0.05, 0.1) is 0 Å². The molecule has 0 N–H and O–H groups in total. The molecule has 3 aromatic carbocycles. The van der Waals surface area contributed by atoms with E-state index in [4.69, 9.17) is 0 Å². The summed E-state index contributed by atoms with van der Waals surface area (Å²) < 4.78 is 0. The Hall–Kier alpha value is -2.29. The van der Waals surface area contributed by atoms with Crippen molar-refractivity contribution in [3.63, 3.8) is 0 Å². The Balaban J connectivity index is 1.43. The normalized spacial score (nSPS) is 16.6. The Kier molecular flexibility index (Phi) is 5.07. The highest BCUT2D eigenvalue weighted by molar-refractivity contribution is 7.99. The van der Waals surface area contributed by atoms with Gasteiger partial charge in [0, 0.05) is 29.4 Å². The maximum Gasteiger partial charge on any atom is 0.0197 e. The monoisotopic (exact) mass is 383 g/mol. The van der Waals surface area contributed by atoms with Crippen molar-refractivity contribution >= 4 is 22.9 Å². The quantitative estimate of drug-likeness (QED) is 0.515. The fourth-order valence-corrected chi connectivity index (χ4v) is 5.56. The maximum absolute atomic E-state index is 2.65. The molecule has 0 unspecified atom stereocenters. The molecule has 0 bridgehead atoms. The zero-order valence-corrected chi connectivity index (χ0v) is 16.9. The van der Waals surface area contributed by atoms with E-state index in [9.17, 15) is 0 Å². The predicted octanol–water partition coefficient (Wildman–Crippen LogP) is 6.40. The van der Waals surface area contributed by atoms with E-state index in [0.29, 0.717) is 0 Å². The van der Waals surface area contributed by atoms with E-state index in [1.807, 2.05) is 11.8 Å². The first-order chi connectivity index (χ1) is 13.9. The molecule has 2 aliphatic heterocycles. The third kappa shape index (κ3) is 3.55. The third-order valence-corrected chi connectivity index (χ3v) is 7.08. The van der Waals surface area contributed by atoms with E-state index >= 15 is 0 Å². The van der Waals surface area contributed by atoms with Gasteiger partial charge < -0.3 is 4.90 Å². The SMILES string of the molecule is c1ccc(CCN2CCC3=C(CC2)c2ccccc2Sc2ccccc23)cc1. The van der Waals surface area contributed by atoms with Crippen molar-refractivity contribution in [3.05, 3.63) is 95.6 Å². The molecule has 0 amide bonds. The van der Waals surface area contributed by atoms with Crippen LogP contribution in [0.15, 0.2) is 88.7 Å². The second-order valence-electron chi connectivity index (χ2n) is 7.63. The standard InChI is InChI=1S/C26H25NS/c1-2-8-20(9-3-1)14-17-27-18-15-21-22(16-19-27)24-11-5-7-13-26(24)28-25-12-6-4-10-23(21)25/h1-13H,14-19H2. The molecule has 2 heterocycles. The fraction of sp³-hybridized carbons (Fsp3) is 0.231. The van der Waals surface area contributed by atoms with Gasteiger partial charge in [-0.15, -0.1) is 0 Å². The van der Waals surface area contributed by atoms with Gasteiger partial charge in [0.15, 0.2) is 0 Å². The Morgan fingerprint density at radius 2 is 1.18 bits per heavy atom. The number of rotatable bonds is 3. The molecule has 28 heavy (non-hydrogen) atoms. The molecule has 5 rings (SSSR count). The van der Waals surface area contributed by atoms with E-state index < -0.39 is 0 Å². The number of hydrogen-bond acceptors (Lipinski definition) is 2. The van der Waals surface area contributed by atoms with E-state index in [2.05, 4.69) is 83.8 Å². The second-order valence-corrected chi connectivity index (χ2v) is 8.71. The molecule has 0 saturated heterocycles. The van der Waals surface area contributed by atoms with Gasteiger partial charge in [0.2, 0.25) is 0 Å². The number of fused-ring (bicyclic) bond motifs is 4. The second kappa shape index (κ2) is 7.98. The molecule has 1 nitrogen and oxygen atoms in total. The van der Waals surface area contributed by atoms with Crippen molar-refractivity contribution in [1.82, 2.24) is 4.90 Å². The summed E-state index contributed by atoms with van der Waals surface area (Å²) >= 11 is 1.93. The summed E-state index contributed by atoms with van der Waals surface area (Å²) in [5.74, 6) is 0. The number of hydrogen-bond donors (Lipinski definition) is 0. The Bertz CT molecular complexity index is 946. The van der Waals surface area contributed by atoms with Gasteiger partial charge in [0.25, 0.3) is 0 Å². The zero-order chi connectivity index (χ0) is 18.8. The number of benzene rings is 3. The first-order valence-corrected chi connectivity index (χ1v) is 11.0. The topological polar surface area (TPSA) is 3.24 Å². The van der Waals surface area contributed by atoms with E-state index in [-0.39, 0.29) is 0 Å². The first-order valence-electron chi connectivity index (χ1n) is 10.2. The molecule has 0 radical (unpaired) electrons. The van der Waals surface area contributed by atoms with Gasteiger partial charge in [-0.2, -0.15) is 0 Å². The molecular formula is C26H25NS. The molecule has 0 aliphatic carbocycles. The van der Waals surface area contributed by atoms with Gasteiger partial charge in [0.1, 0.15) is 0 Å². The summed E-state index contributed by atoms with van der Waals surface area (Å²) in [6, 6.07) is 28.8. The number of nitrogens with zero attached hydrogens (tertiary/aromatic N) is 1. The molecule has 0 aromatic heterocycles. The van der Waals surface area contributed by atoms with Gasteiger partial charge in [-0.05, 0) is 59.2 Å². The summed E-state index contributed by atoms with van der Waals surface area (Å²) in [5.41, 5.74) is 7.46. The van der Waals surface area contributed by atoms with Gasteiger partial charge in [-0.3, -0.25) is 0 Å². The highest BCUT2D eigenvalue weighted by Crippen LogP contribution is 2.46. The largest absolute Gasteiger partial charge is 0.302 e. The zero-order valence-electron chi connectivity index (χ0n) is 16.1. The molecule has 0 saturated carbocycles. The average molecular weight is 384 g/mol. The van der Waals surface area contributed by atoms with Crippen LogP contribution in [-0.2, 0) is 6.42 Å². The lowest BCUT2D eigenvalue weighted by molar-refractivity contribution is 0.294. The highest BCUT2D eigenvalue weighted by atomic mass is 32.2. The molecule has 2 heteroatoms. The maximum atomic E-state index is 2.65. The summed E-state index contributed by atoms with van der Waals surface area (Å²) in [7, 11) is 0. The van der Waals surface area contributed by atoms with Crippen LogP contribution in [0, 0.1) is 0 Å². The minimum atomic E-state index is 1.13. The molecule has 0 spiro atoms. The summed E-state index contributed by atoms with van der Waals surface area (Å²) in [6.45, 7) is 3.43. The van der Waals surface area contributed by atoms with Crippen LogP contribution in [0.4, 0.5) is 0 Å². The summed E-state index contributed by atoms with van der Waals surface area (Å²) in [4.78, 5) is 5.45. The molecular weight excluding hydrogens is 358 g/mol. The highest BCUT2D eigenvalue weighted by Gasteiger charge is 2.24. The Labute approximate surface area is 172 Å². The molecule has 140 valence electrons. The van der Waals surface area contributed by atoms with E-state index in [1.165, 1.54) is 26.5 Å². The van der Waals surface area contributed by atoms with Crippen LogP contribution in [0.3, 0.4) is 0 Å². The van der Waals surface area contributed by atoms with Gasteiger partial charge in [-0.1, -0.05) is 78.5 Å². The van der Waals surface area contributed by atoms with Crippen molar-refractivity contribution < 1.29 is 0 Å². The molecule has 3 aromatic rings. The van der Waals surface area contributed by atoms with Crippen molar-refractivity contribution in [2.75, 3.05) is 19.6 Å². The van der Waals surface area contributed by atoms with Gasteiger partial charge >= 0.3 is 0 Å². The van der Waals surface area contributed by atoms with E-state index in [0.717, 1.165) is 38.9 Å². The van der Waals surface area contributed by atoms with Gasteiger partial charge in [-0.25, -0.2) is 0 Å². The van der Waals surface area contributed by atoms with Crippen LogP contribution in [0.5, 0.6) is 0 Å². The van der Waals surface area contributed by atoms with Crippen molar-refractivity contribution in [2.45, 2.75) is 29.1 Å². The molecule has 0 atom stereocenters. The van der Waals surface area contributed by atoms with Crippen LogP contribution >= 0.6 is 11.8 Å². The van der Waals surface area contributed by atoms with Crippen molar-refractivity contribution in [3.8, 4) is 0 Å². The van der Waals surface area contributed by atoms with Crippen LogP contribution in [-0.4, -0.2) is 24.5 Å². The van der Waals surface area contributed by atoms with Crippen molar-refractivity contribution in [2.24, 2.45) is 0 Å². The summed E-state index contributed by atoms with van der Waals surface area (Å²) in [6.07, 6.45) is 3.40. The lowest BCUT2D eigenvalue weighted by Crippen LogP contribution is -2.27. The predicted molar refractivity (Wildman–Crippen MR) is 120 cm³/mol. The molecule has 0 fully saturated rings. The third-order valence-electron chi connectivity index (χ3n) is 5.92. The van der Waals surface area contributed by atoms with Crippen LogP contribution in [0.2, 0.25) is 0 Å². The lowest BCUT2D eigenvalue weighted by Gasteiger charge is -2.20. The summed E-state index contributed by atoms with van der Waals surface area (Å²) in [5, 5.41) is 0. The minimum absolute atomic E-state index is 1.13.